The third-order valence-corrected chi connectivity index (χ3v) is 6.15. The molecule has 6 nitrogen and oxygen atoms in total. The molecular formula is C24H24F3N3O3. The molecule has 1 aliphatic rings. The fraction of sp³-hybridized carbons (Fsp3) is 0.375. The van der Waals surface area contributed by atoms with E-state index in [0.29, 0.717) is 23.9 Å². The van der Waals surface area contributed by atoms with E-state index in [4.69, 9.17) is 5.11 Å². The molecule has 1 amide bonds. The summed E-state index contributed by atoms with van der Waals surface area (Å²) in [6.45, 7) is 4.06. The van der Waals surface area contributed by atoms with E-state index in [9.17, 15) is 22.8 Å². The van der Waals surface area contributed by atoms with Crippen LogP contribution >= 0.6 is 0 Å². The number of amides is 1. The van der Waals surface area contributed by atoms with Gasteiger partial charge >= 0.3 is 12.1 Å². The van der Waals surface area contributed by atoms with Crippen LogP contribution in [0.2, 0.25) is 0 Å². The lowest BCUT2D eigenvalue weighted by atomic mass is 9.57. The second-order valence-corrected chi connectivity index (χ2v) is 9.49. The Labute approximate surface area is 188 Å². The van der Waals surface area contributed by atoms with Crippen LogP contribution in [0.3, 0.4) is 0 Å². The van der Waals surface area contributed by atoms with Gasteiger partial charge in [0.2, 0.25) is 0 Å². The maximum absolute atomic E-state index is 13.1. The second-order valence-electron chi connectivity index (χ2n) is 9.49. The summed E-state index contributed by atoms with van der Waals surface area (Å²) in [6.07, 6.45) is 0.0443. The minimum Gasteiger partial charge on any atom is -0.481 e. The first-order chi connectivity index (χ1) is 15.4. The minimum absolute atomic E-state index is 0.0439. The van der Waals surface area contributed by atoms with Crippen molar-refractivity contribution in [1.82, 2.24) is 14.9 Å². The highest BCUT2D eigenvalue weighted by Crippen LogP contribution is 2.50. The van der Waals surface area contributed by atoms with Gasteiger partial charge in [-0.1, -0.05) is 19.1 Å². The molecule has 2 N–H and O–H groups in total. The first-order valence-corrected chi connectivity index (χ1v) is 10.5. The molecule has 3 aromatic rings. The predicted molar refractivity (Wildman–Crippen MR) is 116 cm³/mol. The fourth-order valence-corrected chi connectivity index (χ4v) is 5.19. The summed E-state index contributed by atoms with van der Waals surface area (Å²) in [5, 5.41) is 12.9. The molecular weight excluding hydrogens is 435 g/mol. The number of benzene rings is 1. The van der Waals surface area contributed by atoms with Gasteiger partial charge in [-0.2, -0.15) is 13.2 Å². The molecule has 174 valence electrons. The number of carboxylic acid groups (broad SMARTS) is 1. The van der Waals surface area contributed by atoms with Crippen LogP contribution in [-0.2, 0) is 17.5 Å². The van der Waals surface area contributed by atoms with E-state index in [1.54, 1.807) is 16.8 Å². The van der Waals surface area contributed by atoms with Crippen LogP contribution in [-0.4, -0.2) is 32.1 Å². The molecule has 0 bridgehead atoms. The highest BCUT2D eigenvalue weighted by atomic mass is 19.4. The molecule has 2 heterocycles. The van der Waals surface area contributed by atoms with E-state index in [1.807, 2.05) is 19.9 Å². The van der Waals surface area contributed by atoms with Gasteiger partial charge in [0.05, 0.1) is 17.5 Å². The van der Waals surface area contributed by atoms with E-state index in [0.717, 1.165) is 17.5 Å². The molecule has 1 aliphatic carbocycles. The number of carboxylic acids is 1. The van der Waals surface area contributed by atoms with Crippen LogP contribution in [0.15, 0.2) is 48.8 Å². The van der Waals surface area contributed by atoms with Crippen LogP contribution in [0.25, 0.3) is 10.9 Å². The maximum atomic E-state index is 13.1. The van der Waals surface area contributed by atoms with Crippen molar-refractivity contribution in [2.45, 2.75) is 51.4 Å². The van der Waals surface area contributed by atoms with E-state index in [2.05, 4.69) is 10.3 Å². The van der Waals surface area contributed by atoms with Gasteiger partial charge in [0.15, 0.2) is 5.69 Å². The summed E-state index contributed by atoms with van der Waals surface area (Å²) >= 11 is 0. The zero-order chi connectivity index (χ0) is 24.0. The number of carbonyl (C=O) groups is 2. The van der Waals surface area contributed by atoms with E-state index >= 15 is 0 Å². The number of alkyl halides is 3. The number of nitrogens with one attached hydrogen (secondary N) is 1. The Morgan fingerprint density at radius 2 is 1.79 bits per heavy atom. The van der Waals surface area contributed by atoms with Gasteiger partial charge in [-0.25, -0.2) is 4.98 Å². The van der Waals surface area contributed by atoms with Crippen LogP contribution in [0.1, 0.15) is 54.7 Å². The third kappa shape index (κ3) is 4.72. The average molecular weight is 459 g/mol. The van der Waals surface area contributed by atoms with Gasteiger partial charge in [0.1, 0.15) is 0 Å². The fourth-order valence-electron chi connectivity index (χ4n) is 5.19. The van der Waals surface area contributed by atoms with Gasteiger partial charge in [0.25, 0.3) is 5.91 Å². The molecule has 0 unspecified atom stereocenters. The lowest BCUT2D eigenvalue weighted by Gasteiger charge is -2.52. The molecule has 0 radical (unpaired) electrons. The number of aromatic nitrogens is 2. The molecule has 1 aromatic carbocycles. The van der Waals surface area contributed by atoms with Crippen molar-refractivity contribution >= 4 is 22.8 Å². The molecule has 0 aliphatic heterocycles. The van der Waals surface area contributed by atoms with Gasteiger partial charge in [-0.15, -0.1) is 0 Å². The van der Waals surface area contributed by atoms with Crippen molar-refractivity contribution in [3.05, 3.63) is 65.6 Å². The summed E-state index contributed by atoms with van der Waals surface area (Å²) in [7, 11) is 0. The molecule has 0 saturated heterocycles. The van der Waals surface area contributed by atoms with Gasteiger partial charge in [-0.05, 0) is 55.0 Å². The van der Waals surface area contributed by atoms with Crippen LogP contribution < -0.4 is 5.32 Å². The predicted octanol–water partition coefficient (Wildman–Crippen LogP) is 4.87. The number of fused-ring (bicyclic) bond motifs is 1. The quantitative estimate of drug-likeness (QED) is 0.551. The SMILES string of the molecule is CC1(CC(=O)O)CC(C)(NC(=O)c2nccc3ccn(Cc4ccc(C(F)(F)F)cc4)c23)C1. The molecule has 0 atom stereocenters. The Morgan fingerprint density at radius 3 is 2.39 bits per heavy atom. The maximum Gasteiger partial charge on any atom is 0.416 e. The standard InChI is InChI=1S/C24H24F3N3O3/c1-22(11-18(31)32)13-23(2,14-22)29-21(33)19-20-16(7-9-28-19)8-10-30(20)12-15-3-5-17(6-4-15)24(25,26)27/h3-10H,11-14H2,1-2H3,(H,29,33)(H,31,32). The van der Waals surface area contributed by atoms with Crippen LogP contribution in [0.4, 0.5) is 13.2 Å². The van der Waals surface area contributed by atoms with Gasteiger partial charge in [-0.3, -0.25) is 9.59 Å². The van der Waals surface area contributed by atoms with Crippen molar-refractivity contribution in [1.29, 1.82) is 0 Å². The number of halogens is 3. The molecule has 1 saturated carbocycles. The third-order valence-electron chi connectivity index (χ3n) is 6.15. The number of pyridine rings is 1. The number of nitrogens with zero attached hydrogens (tertiary/aromatic N) is 2. The summed E-state index contributed by atoms with van der Waals surface area (Å²) in [6, 6.07) is 8.51. The molecule has 0 spiro atoms. The highest BCUT2D eigenvalue weighted by Gasteiger charge is 2.50. The molecule has 33 heavy (non-hydrogen) atoms. The summed E-state index contributed by atoms with van der Waals surface area (Å²) in [5.41, 5.74) is -0.143. The first kappa shape index (κ1) is 22.8. The van der Waals surface area contributed by atoms with Crippen molar-refractivity contribution in [3.8, 4) is 0 Å². The highest BCUT2D eigenvalue weighted by molar-refractivity contribution is 6.04. The Balaban J connectivity index is 1.55. The van der Waals surface area contributed by atoms with Gasteiger partial charge < -0.3 is 15.0 Å². The topological polar surface area (TPSA) is 84.2 Å². The van der Waals surface area contributed by atoms with Crippen molar-refractivity contribution in [2.24, 2.45) is 5.41 Å². The molecule has 1 fully saturated rings. The number of hydrogen-bond acceptors (Lipinski definition) is 3. The van der Waals surface area contributed by atoms with E-state index in [1.165, 1.54) is 18.3 Å². The summed E-state index contributed by atoms with van der Waals surface area (Å²) < 4.78 is 40.3. The Hall–Kier alpha value is -3.36. The monoisotopic (exact) mass is 459 g/mol. The lowest BCUT2D eigenvalue weighted by molar-refractivity contribution is -0.142. The van der Waals surface area contributed by atoms with Crippen LogP contribution in [0, 0.1) is 5.41 Å². The summed E-state index contributed by atoms with van der Waals surface area (Å²) in [4.78, 5) is 28.5. The van der Waals surface area contributed by atoms with Crippen LogP contribution in [0.5, 0.6) is 0 Å². The normalized spacial score (nSPS) is 22.7. The lowest BCUT2D eigenvalue weighted by Crippen LogP contribution is -2.59. The average Bonchev–Trinajstić information content (AvgIpc) is 3.08. The van der Waals surface area contributed by atoms with Crippen molar-refractivity contribution < 1.29 is 27.9 Å². The molecule has 4 rings (SSSR count). The number of aliphatic carboxylic acids is 1. The zero-order valence-electron chi connectivity index (χ0n) is 18.2. The Bertz CT molecular complexity index is 1210. The first-order valence-electron chi connectivity index (χ1n) is 10.5. The zero-order valence-corrected chi connectivity index (χ0v) is 18.2. The minimum atomic E-state index is -4.40. The Kier molecular flexibility index (Phi) is 5.46. The number of rotatable bonds is 6. The van der Waals surface area contributed by atoms with Gasteiger partial charge in [0, 0.05) is 29.9 Å². The largest absolute Gasteiger partial charge is 0.481 e. The van der Waals surface area contributed by atoms with Crippen molar-refractivity contribution in [2.75, 3.05) is 0 Å². The number of hydrogen-bond donors (Lipinski definition) is 2. The van der Waals surface area contributed by atoms with Crippen molar-refractivity contribution in [3.63, 3.8) is 0 Å². The molecule has 2 aromatic heterocycles. The van der Waals surface area contributed by atoms with E-state index < -0.39 is 23.2 Å². The Morgan fingerprint density at radius 1 is 1.12 bits per heavy atom. The smallest absolute Gasteiger partial charge is 0.416 e. The summed E-state index contributed by atoms with van der Waals surface area (Å²) in [5.74, 6) is -1.23. The number of carbonyl (C=O) groups excluding carboxylic acids is 1. The second kappa shape index (κ2) is 7.90. The molecule has 9 heteroatoms. The van der Waals surface area contributed by atoms with E-state index in [-0.39, 0.29) is 30.0 Å².